The maximum absolute atomic E-state index is 14.7. The maximum Gasteiger partial charge on any atom is 0.328 e. The first kappa shape index (κ1) is 98.0. The van der Waals surface area contributed by atoms with Crippen molar-refractivity contribution in [2.24, 2.45) is 0 Å². The fraction of sp³-hybridized carbons (Fsp3) is 0.186. The molecule has 125 heavy (non-hydrogen) atoms. The molecule has 2 aliphatic heterocycles. The van der Waals surface area contributed by atoms with Gasteiger partial charge in [-0.15, -0.1) is 0 Å². The Balaban J connectivity index is 0.000000152. The molecule has 0 bridgehead atoms. The summed E-state index contributed by atoms with van der Waals surface area (Å²) in [7, 11) is -0.494. The van der Waals surface area contributed by atoms with Gasteiger partial charge >= 0.3 is 29.8 Å². The molecule has 0 amide bonds. The van der Waals surface area contributed by atoms with Gasteiger partial charge in [0.2, 0.25) is 0 Å². The van der Waals surface area contributed by atoms with Crippen LogP contribution in [0.4, 0.5) is 13.2 Å². The highest BCUT2D eigenvalue weighted by molar-refractivity contribution is 14.1. The number of carbonyl (C=O) groups is 5. The summed E-state index contributed by atoms with van der Waals surface area (Å²) in [6.07, 6.45) is 6.73. The van der Waals surface area contributed by atoms with Gasteiger partial charge < -0.3 is 23.7 Å². The van der Waals surface area contributed by atoms with E-state index in [2.05, 4.69) is 118 Å². The topological polar surface area (TPSA) is 132 Å². The molecule has 2 saturated heterocycles. The van der Waals surface area contributed by atoms with Crippen molar-refractivity contribution < 1.29 is 60.8 Å². The van der Waals surface area contributed by atoms with Crippen LogP contribution < -0.4 is 23.7 Å². The molecule has 15 rings (SSSR count). The van der Waals surface area contributed by atoms with Crippen molar-refractivity contribution in [1.82, 2.24) is 0 Å². The van der Waals surface area contributed by atoms with Crippen molar-refractivity contribution in [2.45, 2.75) is 139 Å². The Morgan fingerprint density at radius 3 is 0.872 bits per heavy atom. The molecule has 3 atom stereocenters. The van der Waals surface area contributed by atoms with Gasteiger partial charge in [0, 0.05) is 40.0 Å². The standard InChI is InChI=1S/2C22H19FIO2S.C21H17FIO2S.C19H20IO2S.C18H18IO2S/c1-22(2,24)21(25)26-20-14-13-18(15-19(20)23)27(16-9-5-3-6-10-16)17-11-7-4-8-12-17;1-22(2,24)21(25)26-20-15-18(13-14-19(20)23)27(16-9-5-3-6-10-16)17-11-7-4-8-12-17;1-15(23)21(24)25-20-14-18(12-13-19(20)22)26(16-8-4-2-5-9-16)17-10-6-3-7-11-17;20-18(15-7-3-1-4-8-15)19(21)22-16-9-11-17(12-10-16)23-13-5-2-6-14-23;19-17(14-6-2-1-3-7-14)18(20)21-15-8-10-16(11-9-15)22-12-4-5-13-22/h2*3-15H,1-2H3;2-15H,1H3;1,3-4,7-12,18H,2,5-6,13-14H2;1-3,6-11,17H,4-5,12-13H2/q5*+1. The van der Waals surface area contributed by atoms with E-state index in [9.17, 15) is 37.1 Å². The predicted molar refractivity (Wildman–Crippen MR) is 545 cm³/mol. The van der Waals surface area contributed by atoms with Crippen molar-refractivity contribution in [3.05, 3.63) is 374 Å². The second-order valence-electron chi connectivity index (χ2n) is 29.2. The van der Waals surface area contributed by atoms with Gasteiger partial charge in [0.05, 0.1) is 32.7 Å². The highest BCUT2D eigenvalue weighted by Gasteiger charge is 2.37. The van der Waals surface area contributed by atoms with E-state index in [0.717, 1.165) is 55.2 Å². The largest absolute Gasteiger partial charge is 0.426 e. The number of halogens is 8. The molecule has 642 valence electrons. The van der Waals surface area contributed by atoms with Gasteiger partial charge in [0.25, 0.3) is 0 Å². The molecule has 3 unspecified atom stereocenters. The Morgan fingerprint density at radius 2 is 0.576 bits per heavy atom. The number of hydrogen-bond acceptors (Lipinski definition) is 10. The highest BCUT2D eigenvalue weighted by atomic mass is 127. The average molecular weight is 2330 g/mol. The minimum absolute atomic E-state index is 0.0274. The quantitative estimate of drug-likeness (QED) is 0.0200. The second kappa shape index (κ2) is 49.3. The second-order valence-corrected chi connectivity index (χ2v) is 49.6. The normalized spacial score (nSPS) is 13.4. The number of carbonyl (C=O) groups excluding carboxylic acids is 5. The highest BCUT2D eigenvalue weighted by Crippen LogP contribution is 2.40. The van der Waals surface area contributed by atoms with Crippen LogP contribution in [0.15, 0.2) is 400 Å². The van der Waals surface area contributed by atoms with Crippen LogP contribution in [0.2, 0.25) is 0 Å². The number of alkyl halides is 5. The minimum Gasteiger partial charge on any atom is -0.426 e. The Labute approximate surface area is 814 Å². The first-order valence-electron chi connectivity index (χ1n) is 40.2. The lowest BCUT2D eigenvalue weighted by molar-refractivity contribution is -0.136. The van der Waals surface area contributed by atoms with E-state index in [1.54, 1.807) is 58.9 Å². The molecule has 0 spiro atoms. The number of ether oxygens (including phenoxy) is 5. The van der Waals surface area contributed by atoms with E-state index in [1.165, 1.54) is 89.2 Å². The smallest absolute Gasteiger partial charge is 0.328 e. The Hall–Kier alpha value is -7.60. The van der Waals surface area contributed by atoms with Crippen LogP contribution in [0.25, 0.3) is 0 Å². The fourth-order valence-corrected chi connectivity index (χ4v) is 24.8. The summed E-state index contributed by atoms with van der Waals surface area (Å²) in [4.78, 5) is 72.7. The van der Waals surface area contributed by atoms with E-state index in [-0.39, 0.29) is 41.0 Å². The summed E-state index contributed by atoms with van der Waals surface area (Å²) >= 11 is 10.2. The molecule has 2 fully saturated rings. The molecule has 0 saturated carbocycles. The lowest BCUT2D eigenvalue weighted by Crippen LogP contribution is -2.29. The first-order chi connectivity index (χ1) is 60.3. The van der Waals surface area contributed by atoms with Crippen molar-refractivity contribution in [1.29, 1.82) is 0 Å². The van der Waals surface area contributed by atoms with Gasteiger partial charge in [-0.1, -0.05) is 283 Å². The summed E-state index contributed by atoms with van der Waals surface area (Å²) in [6, 6.07) is 110. The SMILES string of the molecule is CC(C)(I)C(=O)Oc1cc([S+](c2ccccc2)c2ccccc2)ccc1F.CC(C)(I)C(=O)Oc1ccc([S+](c2ccccc2)c2ccccc2)cc1F.CC(I)C(=O)Oc1cc([S+](c2ccccc2)c2ccccc2)ccc1F.O=C(Oc1ccc([S+]2CCCC2)cc1)C(I)c1ccccc1.O=C(Oc1ccc([S+]2CCCCC2)cc1)C(I)c1ccccc1. The lowest BCUT2D eigenvalue weighted by Gasteiger charge is -2.15. The molecular weight excluding hydrogens is 2240 g/mol. The average Bonchev–Trinajstić information content (AvgIpc) is 1.66. The third kappa shape index (κ3) is 29.7. The molecule has 23 heteroatoms. The molecule has 2 heterocycles. The van der Waals surface area contributed by atoms with E-state index < -0.39 is 74.9 Å². The summed E-state index contributed by atoms with van der Waals surface area (Å²) in [5.41, 5.74) is 1.94. The van der Waals surface area contributed by atoms with Crippen LogP contribution in [0.1, 0.15) is 85.7 Å². The zero-order valence-corrected chi connectivity index (χ0v) is 84.0. The molecule has 13 aromatic rings. The fourth-order valence-electron chi connectivity index (χ4n) is 12.5. The van der Waals surface area contributed by atoms with Crippen LogP contribution in [0, 0.1) is 17.5 Å². The van der Waals surface area contributed by atoms with Crippen LogP contribution >= 0.6 is 113 Å². The summed E-state index contributed by atoms with van der Waals surface area (Å²) in [6.45, 7) is 8.63. The first-order valence-corrected chi connectivity index (χ1v) is 52.9. The third-order valence-corrected chi connectivity index (χ3v) is 34.3. The zero-order valence-electron chi connectivity index (χ0n) is 69.2. The van der Waals surface area contributed by atoms with Crippen LogP contribution in [0.3, 0.4) is 0 Å². The van der Waals surface area contributed by atoms with E-state index in [4.69, 9.17) is 23.7 Å². The monoisotopic (exact) mass is 2330 g/mol. The van der Waals surface area contributed by atoms with Gasteiger partial charge in [0.1, 0.15) is 53.1 Å². The summed E-state index contributed by atoms with van der Waals surface area (Å²) < 4.78 is 67.7. The van der Waals surface area contributed by atoms with Crippen molar-refractivity contribution in [3.63, 3.8) is 0 Å². The van der Waals surface area contributed by atoms with Crippen molar-refractivity contribution in [3.8, 4) is 28.7 Å². The number of hydrogen-bond donors (Lipinski definition) is 0. The molecule has 0 aromatic heterocycles. The van der Waals surface area contributed by atoms with Crippen LogP contribution in [0.5, 0.6) is 28.7 Å². The Kier molecular flexibility index (Phi) is 38.6. The van der Waals surface area contributed by atoms with Gasteiger partial charge in [-0.25, -0.2) is 13.2 Å². The molecular formula is C102H93F3I5O10S5+5. The van der Waals surface area contributed by atoms with Crippen LogP contribution in [-0.4, -0.2) is 63.6 Å². The van der Waals surface area contributed by atoms with Gasteiger partial charge in [-0.3, -0.25) is 24.0 Å². The molecule has 0 radical (unpaired) electrons. The Bertz CT molecular complexity index is 5480. The maximum atomic E-state index is 14.7. The van der Waals surface area contributed by atoms with E-state index >= 15 is 0 Å². The van der Waals surface area contributed by atoms with Gasteiger partial charge in [-0.2, -0.15) is 0 Å². The van der Waals surface area contributed by atoms with Crippen molar-refractivity contribution >= 4 is 197 Å². The molecule has 0 N–H and O–H groups in total. The summed E-state index contributed by atoms with van der Waals surface area (Å²) in [5.74, 6) is 2.94. The number of benzene rings is 13. The van der Waals surface area contributed by atoms with Crippen molar-refractivity contribution in [2.75, 3.05) is 23.0 Å². The molecule has 13 aromatic carbocycles. The van der Waals surface area contributed by atoms with Gasteiger partial charge in [0.15, 0.2) is 88.6 Å². The lowest BCUT2D eigenvalue weighted by atomic mass is 10.1. The van der Waals surface area contributed by atoms with Crippen LogP contribution in [-0.2, 0) is 78.4 Å². The number of rotatable bonds is 23. The third-order valence-electron chi connectivity index (χ3n) is 18.9. The summed E-state index contributed by atoms with van der Waals surface area (Å²) in [5, 5.41) is 0. The molecule has 2 aliphatic rings. The molecule has 0 aliphatic carbocycles. The Morgan fingerprint density at radius 1 is 0.304 bits per heavy atom. The van der Waals surface area contributed by atoms with Gasteiger partial charge in [-0.05, 0) is 236 Å². The predicted octanol–water partition coefficient (Wildman–Crippen LogP) is 27.2. The van der Waals surface area contributed by atoms with E-state index in [1.807, 2.05) is 292 Å². The molecule has 10 nitrogen and oxygen atoms in total. The minimum atomic E-state index is -0.735. The van der Waals surface area contributed by atoms with E-state index in [0.29, 0.717) is 33.3 Å². The zero-order chi connectivity index (χ0) is 88.8. The number of esters is 5.